The van der Waals surface area contributed by atoms with Crippen molar-refractivity contribution in [1.82, 2.24) is 0 Å². The van der Waals surface area contributed by atoms with E-state index in [4.69, 9.17) is 0 Å². The fourth-order valence-electron chi connectivity index (χ4n) is 0. The second kappa shape index (κ2) is 16.8. The van der Waals surface area contributed by atoms with Crippen molar-refractivity contribution >= 4 is 17.4 Å². The van der Waals surface area contributed by atoms with Gasteiger partial charge in [-0.1, -0.05) is 0 Å². The molecule has 4 heavy (non-hydrogen) atoms. The molecule has 0 aliphatic rings. The van der Waals surface area contributed by atoms with Gasteiger partial charge in [-0.25, -0.2) is 0 Å². The Labute approximate surface area is 93.1 Å². The summed E-state index contributed by atoms with van der Waals surface area (Å²) < 4.78 is 0. The summed E-state index contributed by atoms with van der Waals surface area (Å²) in [6.07, 6.45) is 0. The van der Waals surface area contributed by atoms with E-state index in [2.05, 4.69) is 0 Å². The van der Waals surface area contributed by atoms with Gasteiger partial charge >= 0.3 is 89.8 Å². The van der Waals surface area contributed by atoms with Crippen LogP contribution in [-0.2, 0) is 5.48 Å². The molecule has 0 radical (unpaired) electrons. The smallest absolute Gasteiger partial charge is 2.00 e. The van der Waals surface area contributed by atoms with Gasteiger partial charge in [0.1, 0.15) is 0 Å². The fraction of sp³-hybridized carbons (Fsp3) is 0. The van der Waals surface area contributed by atoms with Gasteiger partial charge in [0.2, 0.25) is 0 Å². The van der Waals surface area contributed by atoms with Gasteiger partial charge in [0.25, 0.3) is 0 Å². The Kier molecular flexibility index (Phi) is 119. The molecule has 0 aromatic heterocycles. The van der Waals surface area contributed by atoms with Gasteiger partial charge in [-0.2, -0.15) is 0 Å². The Balaban J connectivity index is 0. The van der Waals surface area contributed by atoms with E-state index < -0.39 is 0 Å². The Morgan fingerprint density at radius 2 is 1.00 bits per heavy atom. The molecule has 0 spiro atoms. The molecule has 0 saturated carbocycles. The maximum atomic E-state index is 0. The van der Waals surface area contributed by atoms with Gasteiger partial charge in [0.05, 0.1) is 0 Å². The van der Waals surface area contributed by atoms with Crippen molar-refractivity contribution in [1.29, 1.82) is 0 Å². The van der Waals surface area contributed by atoms with Crippen LogP contribution in [0.2, 0.25) is 0 Å². The van der Waals surface area contributed by atoms with Crippen LogP contribution in [-0.4, -0.2) is 17.4 Å². The van der Waals surface area contributed by atoms with Crippen LogP contribution in [0.15, 0.2) is 0 Å². The van der Waals surface area contributed by atoms with E-state index >= 15 is 0 Å². The summed E-state index contributed by atoms with van der Waals surface area (Å²) in [7, 11) is 0. The fourth-order valence-corrected chi connectivity index (χ4v) is 0. The molecule has 0 saturated heterocycles. The largest absolute Gasteiger partial charge is 3.00 e. The third-order valence-corrected chi connectivity index (χ3v) is 0. The third kappa shape index (κ3) is 8.87. The van der Waals surface area contributed by atoms with Crippen molar-refractivity contribution in [3.8, 4) is 0 Å². The Morgan fingerprint density at radius 1 is 1.00 bits per heavy atom. The van der Waals surface area contributed by atoms with Crippen LogP contribution >= 0.6 is 0 Å². The summed E-state index contributed by atoms with van der Waals surface area (Å²) in [5.41, 5.74) is 0. The molecule has 0 rings (SSSR count). The van der Waals surface area contributed by atoms with Crippen molar-refractivity contribution < 1.29 is 78.0 Å². The molecular formula is AlLaLuO+7. The SMILES string of the molecule is [Al+3].[La+3].[Lu+3].[O-2]. The summed E-state index contributed by atoms with van der Waals surface area (Å²) in [6, 6.07) is 0. The molecule has 4 heteroatoms. The summed E-state index contributed by atoms with van der Waals surface area (Å²) in [5, 5.41) is 0. The van der Waals surface area contributed by atoms with Gasteiger partial charge in [-0.15, -0.1) is 0 Å². The minimum absolute atomic E-state index is 0. The van der Waals surface area contributed by atoms with E-state index in [9.17, 15) is 0 Å². The van der Waals surface area contributed by atoms with Crippen LogP contribution in [0.5, 0.6) is 0 Å². The summed E-state index contributed by atoms with van der Waals surface area (Å²) in [4.78, 5) is 0. The van der Waals surface area contributed by atoms with Gasteiger partial charge < -0.3 is 5.48 Å². The molecule has 0 unspecified atom stereocenters. The molecule has 0 N–H and O–H groups in total. The first-order valence-corrected chi connectivity index (χ1v) is 0. The molecule has 0 aromatic carbocycles. The second-order valence-corrected chi connectivity index (χ2v) is 0. The minimum atomic E-state index is 0. The molecule has 0 bridgehead atoms. The molecular weight excluding hydrogens is 357 g/mol. The monoisotopic (exact) mass is 357 g/mol. The first-order chi connectivity index (χ1) is 0. The maximum Gasteiger partial charge on any atom is 3.00 e. The van der Waals surface area contributed by atoms with Crippen LogP contribution in [0.25, 0.3) is 0 Å². The average molecular weight is 357 g/mol. The van der Waals surface area contributed by atoms with Crippen molar-refractivity contribution in [2.45, 2.75) is 0 Å². The molecule has 0 atom stereocenters. The predicted octanol–water partition coefficient (Wildman–Crippen LogP) is -0.500. The number of hydrogen-bond donors (Lipinski definition) is 0. The molecule has 0 heterocycles. The van der Waals surface area contributed by atoms with Gasteiger partial charge in [-0.05, 0) is 0 Å². The topological polar surface area (TPSA) is 28.5 Å². The van der Waals surface area contributed by atoms with Gasteiger partial charge in [-0.3, -0.25) is 0 Å². The van der Waals surface area contributed by atoms with Crippen LogP contribution in [0, 0.1) is 72.5 Å². The van der Waals surface area contributed by atoms with E-state index in [-0.39, 0.29) is 95.3 Å². The van der Waals surface area contributed by atoms with Crippen LogP contribution in [0.1, 0.15) is 0 Å². The predicted molar refractivity (Wildman–Crippen MR) is 6.44 cm³/mol. The van der Waals surface area contributed by atoms with Crippen LogP contribution in [0.3, 0.4) is 0 Å². The zero-order valence-electron chi connectivity index (χ0n) is 1.82. The van der Waals surface area contributed by atoms with Crippen molar-refractivity contribution in [2.24, 2.45) is 0 Å². The summed E-state index contributed by atoms with van der Waals surface area (Å²) in [5.74, 6) is 0. The third-order valence-electron chi connectivity index (χ3n) is 0. The quantitative estimate of drug-likeness (QED) is 0.524. The molecule has 0 aromatic rings. The second-order valence-electron chi connectivity index (χ2n) is 0. The molecule has 0 aliphatic heterocycles. The van der Waals surface area contributed by atoms with E-state index in [0.29, 0.717) is 0 Å². The zero-order chi connectivity index (χ0) is 0. The van der Waals surface area contributed by atoms with Gasteiger partial charge in [0.15, 0.2) is 0 Å². The normalized spacial score (nSPS) is 0. The zero-order valence-corrected chi connectivity index (χ0v) is 8.26. The molecule has 20 valence electrons. The van der Waals surface area contributed by atoms with Crippen LogP contribution < -0.4 is 0 Å². The summed E-state index contributed by atoms with van der Waals surface area (Å²) >= 11 is 0. The average Bonchev–Trinajstić information content (AvgIpc) is 0. The van der Waals surface area contributed by atoms with Crippen molar-refractivity contribution in [3.05, 3.63) is 0 Å². The van der Waals surface area contributed by atoms with Crippen LogP contribution in [0.4, 0.5) is 0 Å². The first-order valence-electron chi connectivity index (χ1n) is 0. The molecule has 1 nitrogen and oxygen atoms in total. The Bertz CT molecular complexity index is 8.00. The minimum Gasteiger partial charge on any atom is -2.00 e. The maximum absolute atomic E-state index is 0. The standard InChI is InChI=1S/Al.La.Lu.O/q3*+3;-2. The molecule has 0 aliphatic carbocycles. The molecule has 0 fully saturated rings. The Hall–Kier alpha value is 2.92. The van der Waals surface area contributed by atoms with E-state index in [1.54, 1.807) is 0 Å². The molecule has 0 amide bonds. The van der Waals surface area contributed by atoms with Crippen molar-refractivity contribution in [2.75, 3.05) is 0 Å². The van der Waals surface area contributed by atoms with E-state index in [1.807, 2.05) is 0 Å². The number of hydrogen-bond acceptors (Lipinski definition) is 0. The van der Waals surface area contributed by atoms with E-state index in [1.165, 1.54) is 0 Å². The summed E-state index contributed by atoms with van der Waals surface area (Å²) in [6.45, 7) is 0. The number of rotatable bonds is 0. The van der Waals surface area contributed by atoms with E-state index in [0.717, 1.165) is 0 Å². The Morgan fingerprint density at radius 3 is 1.00 bits per heavy atom. The van der Waals surface area contributed by atoms with Crippen molar-refractivity contribution in [3.63, 3.8) is 0 Å². The first kappa shape index (κ1) is 28.4. The van der Waals surface area contributed by atoms with Gasteiger partial charge in [0, 0.05) is 0 Å².